The fourth-order valence-electron chi connectivity index (χ4n) is 2.44. The molecule has 7 nitrogen and oxygen atoms in total. The molecule has 1 aliphatic rings. The molecule has 8 heteroatoms. The quantitative estimate of drug-likeness (QED) is 0.869. The summed E-state index contributed by atoms with van der Waals surface area (Å²) in [5, 5.41) is 14.4. The van der Waals surface area contributed by atoms with E-state index >= 15 is 0 Å². The van der Waals surface area contributed by atoms with Crippen molar-refractivity contribution in [1.29, 1.82) is 0 Å². The van der Waals surface area contributed by atoms with Crippen LogP contribution in [0.5, 0.6) is 0 Å². The van der Waals surface area contributed by atoms with E-state index < -0.39 is 12.0 Å². The second kappa shape index (κ2) is 5.55. The molecule has 0 spiro atoms. The molecule has 0 amide bonds. The van der Waals surface area contributed by atoms with Crippen molar-refractivity contribution in [2.45, 2.75) is 19.9 Å². The SMILES string of the molecule is CCOC(=O)C1=C(C)Nc2nnnn2C1c1ccc(F)cc1. The van der Waals surface area contributed by atoms with Crippen LogP contribution < -0.4 is 5.32 Å². The molecule has 0 radical (unpaired) electrons. The number of aromatic nitrogens is 4. The van der Waals surface area contributed by atoms with Crippen LogP contribution in [0.15, 0.2) is 35.5 Å². The van der Waals surface area contributed by atoms with E-state index in [1.165, 1.54) is 16.8 Å². The fourth-order valence-corrected chi connectivity index (χ4v) is 2.44. The number of anilines is 1. The Morgan fingerprint density at radius 2 is 2.14 bits per heavy atom. The van der Waals surface area contributed by atoms with Gasteiger partial charge in [0.05, 0.1) is 12.2 Å². The molecule has 1 unspecified atom stereocenters. The number of fused-ring (bicyclic) bond motifs is 1. The molecule has 0 aliphatic carbocycles. The maximum atomic E-state index is 13.2. The summed E-state index contributed by atoms with van der Waals surface area (Å²) < 4.78 is 19.8. The van der Waals surface area contributed by atoms with Gasteiger partial charge in [-0.25, -0.2) is 9.18 Å². The van der Waals surface area contributed by atoms with Gasteiger partial charge in [0.1, 0.15) is 11.9 Å². The minimum Gasteiger partial charge on any atom is -0.463 e. The van der Waals surface area contributed by atoms with E-state index in [9.17, 15) is 9.18 Å². The molecule has 0 bridgehead atoms. The number of ether oxygens (including phenoxy) is 1. The second-order valence-corrected chi connectivity index (χ2v) is 4.79. The lowest BCUT2D eigenvalue weighted by molar-refractivity contribution is -0.139. The highest BCUT2D eigenvalue weighted by molar-refractivity contribution is 5.92. The molecule has 0 saturated heterocycles. The summed E-state index contributed by atoms with van der Waals surface area (Å²) in [4.78, 5) is 12.3. The molecule has 0 fully saturated rings. The molecular formula is C14H14FN5O2. The molecule has 22 heavy (non-hydrogen) atoms. The van der Waals surface area contributed by atoms with Crippen molar-refractivity contribution in [3.63, 3.8) is 0 Å². The van der Waals surface area contributed by atoms with Gasteiger partial charge in [0, 0.05) is 5.70 Å². The van der Waals surface area contributed by atoms with Gasteiger partial charge in [-0.2, -0.15) is 4.68 Å². The standard InChI is InChI=1S/C14H14FN5O2/c1-3-22-13(21)11-8(2)16-14-17-18-19-20(14)12(11)9-4-6-10(15)7-5-9/h4-7,12H,3H2,1-2H3,(H,16,17,19). The predicted molar refractivity (Wildman–Crippen MR) is 75.3 cm³/mol. The zero-order chi connectivity index (χ0) is 15.7. The molecule has 1 N–H and O–H groups in total. The number of benzene rings is 1. The molecule has 0 saturated carbocycles. The minimum absolute atomic E-state index is 0.258. The van der Waals surface area contributed by atoms with Gasteiger partial charge in [0.25, 0.3) is 0 Å². The van der Waals surface area contributed by atoms with E-state index in [0.29, 0.717) is 22.8 Å². The van der Waals surface area contributed by atoms with Crippen LogP contribution in [0.3, 0.4) is 0 Å². The van der Waals surface area contributed by atoms with Crippen molar-refractivity contribution in [2.75, 3.05) is 11.9 Å². The van der Waals surface area contributed by atoms with Gasteiger partial charge in [0.2, 0.25) is 5.95 Å². The summed E-state index contributed by atoms with van der Waals surface area (Å²) in [7, 11) is 0. The van der Waals surface area contributed by atoms with Crippen LogP contribution in [-0.2, 0) is 9.53 Å². The number of allylic oxidation sites excluding steroid dienone is 1. The molecule has 1 aliphatic heterocycles. The van der Waals surface area contributed by atoms with E-state index in [4.69, 9.17) is 4.74 Å². The van der Waals surface area contributed by atoms with Crippen LogP contribution in [0, 0.1) is 5.82 Å². The zero-order valence-corrected chi connectivity index (χ0v) is 12.1. The van der Waals surface area contributed by atoms with Crippen LogP contribution in [0.1, 0.15) is 25.5 Å². The fraction of sp³-hybridized carbons (Fsp3) is 0.286. The first-order valence-electron chi connectivity index (χ1n) is 6.80. The molecule has 1 aromatic heterocycles. The van der Waals surface area contributed by atoms with E-state index in [2.05, 4.69) is 20.8 Å². The molecule has 114 valence electrons. The Bertz CT molecular complexity index is 738. The maximum absolute atomic E-state index is 13.2. The van der Waals surface area contributed by atoms with Gasteiger partial charge in [0.15, 0.2) is 0 Å². The van der Waals surface area contributed by atoms with Crippen LogP contribution in [0.2, 0.25) is 0 Å². The lowest BCUT2D eigenvalue weighted by Crippen LogP contribution is -2.29. The Morgan fingerprint density at radius 1 is 1.41 bits per heavy atom. The van der Waals surface area contributed by atoms with Crippen LogP contribution in [0.4, 0.5) is 10.3 Å². The largest absolute Gasteiger partial charge is 0.463 e. The third-order valence-electron chi connectivity index (χ3n) is 3.40. The van der Waals surface area contributed by atoms with E-state index in [0.717, 1.165) is 0 Å². The van der Waals surface area contributed by atoms with Gasteiger partial charge in [-0.15, -0.1) is 0 Å². The number of halogens is 1. The first-order valence-corrected chi connectivity index (χ1v) is 6.80. The molecule has 1 aromatic carbocycles. The summed E-state index contributed by atoms with van der Waals surface area (Å²) in [6.07, 6.45) is 0. The van der Waals surface area contributed by atoms with Crippen molar-refractivity contribution in [2.24, 2.45) is 0 Å². The molecule has 2 aromatic rings. The number of rotatable bonds is 3. The predicted octanol–water partition coefficient (Wildman–Crippen LogP) is 1.66. The smallest absolute Gasteiger partial charge is 0.338 e. The molecule has 2 heterocycles. The van der Waals surface area contributed by atoms with Gasteiger partial charge in [-0.3, -0.25) is 0 Å². The zero-order valence-electron chi connectivity index (χ0n) is 12.1. The van der Waals surface area contributed by atoms with Crippen molar-refractivity contribution >= 4 is 11.9 Å². The Kier molecular flexibility index (Phi) is 3.58. The third kappa shape index (κ3) is 2.32. The Morgan fingerprint density at radius 3 is 2.82 bits per heavy atom. The van der Waals surface area contributed by atoms with Crippen LogP contribution in [0.25, 0.3) is 0 Å². The number of nitrogens with zero attached hydrogens (tertiary/aromatic N) is 4. The summed E-state index contributed by atoms with van der Waals surface area (Å²) in [6, 6.07) is 5.30. The van der Waals surface area contributed by atoms with Crippen molar-refractivity contribution in [1.82, 2.24) is 20.2 Å². The highest BCUT2D eigenvalue weighted by Crippen LogP contribution is 2.34. The lowest BCUT2D eigenvalue weighted by Gasteiger charge is -2.27. The monoisotopic (exact) mass is 303 g/mol. The number of tetrazole rings is 1. The van der Waals surface area contributed by atoms with Crippen molar-refractivity contribution in [3.05, 3.63) is 46.9 Å². The highest BCUT2D eigenvalue weighted by atomic mass is 19.1. The normalized spacial score (nSPS) is 17.0. The summed E-state index contributed by atoms with van der Waals surface area (Å²) in [5.41, 5.74) is 1.70. The van der Waals surface area contributed by atoms with Gasteiger partial charge >= 0.3 is 5.97 Å². The topological polar surface area (TPSA) is 81.9 Å². The first-order chi connectivity index (χ1) is 10.6. The lowest BCUT2D eigenvalue weighted by atomic mass is 9.96. The molecule has 3 rings (SSSR count). The van der Waals surface area contributed by atoms with Gasteiger partial charge < -0.3 is 10.1 Å². The summed E-state index contributed by atoms with van der Waals surface area (Å²) >= 11 is 0. The number of esters is 1. The second-order valence-electron chi connectivity index (χ2n) is 4.79. The maximum Gasteiger partial charge on any atom is 0.338 e. The van der Waals surface area contributed by atoms with Crippen molar-refractivity contribution in [3.8, 4) is 0 Å². The Hall–Kier alpha value is -2.77. The van der Waals surface area contributed by atoms with E-state index in [1.54, 1.807) is 26.0 Å². The van der Waals surface area contributed by atoms with E-state index in [-0.39, 0.29) is 12.4 Å². The van der Waals surface area contributed by atoms with Gasteiger partial charge in [-0.05, 0) is 42.0 Å². The highest BCUT2D eigenvalue weighted by Gasteiger charge is 2.34. The summed E-state index contributed by atoms with van der Waals surface area (Å²) in [5.74, 6) is -0.393. The summed E-state index contributed by atoms with van der Waals surface area (Å²) in [6.45, 7) is 3.74. The first kappa shape index (κ1) is 14.2. The number of carbonyl (C=O) groups is 1. The van der Waals surface area contributed by atoms with E-state index in [1.807, 2.05) is 0 Å². The van der Waals surface area contributed by atoms with Crippen LogP contribution in [-0.4, -0.2) is 32.8 Å². The van der Waals surface area contributed by atoms with Crippen LogP contribution >= 0.6 is 0 Å². The molecule has 1 atom stereocenters. The number of carbonyl (C=O) groups excluding carboxylic acids is 1. The Balaban J connectivity index is 2.13. The third-order valence-corrected chi connectivity index (χ3v) is 3.40. The number of hydrogen-bond acceptors (Lipinski definition) is 6. The Labute approximate surface area is 125 Å². The van der Waals surface area contributed by atoms with Gasteiger partial charge in [-0.1, -0.05) is 17.2 Å². The molecular weight excluding hydrogens is 289 g/mol. The van der Waals surface area contributed by atoms with Crippen molar-refractivity contribution < 1.29 is 13.9 Å². The minimum atomic E-state index is -0.564. The number of hydrogen-bond donors (Lipinski definition) is 1. The average Bonchev–Trinajstić information content (AvgIpc) is 2.94. The number of nitrogens with one attached hydrogen (secondary N) is 1. The average molecular weight is 303 g/mol.